The lowest BCUT2D eigenvalue weighted by molar-refractivity contribution is 0.456. The molecule has 0 spiro atoms. The average molecular weight is 177 g/mol. The van der Waals surface area contributed by atoms with Crippen molar-refractivity contribution in [3.05, 3.63) is 30.0 Å². The molecule has 2 aromatic rings. The summed E-state index contributed by atoms with van der Waals surface area (Å²) < 4.78 is 4.97. The highest BCUT2D eigenvalue weighted by Crippen LogP contribution is 2.14. The van der Waals surface area contributed by atoms with Gasteiger partial charge in [0.25, 0.3) is 0 Å². The number of fused-ring (bicyclic) bond motifs is 1. The summed E-state index contributed by atoms with van der Waals surface area (Å²) in [6.07, 6.45) is 2.80. The number of hydrogen-bond donors (Lipinski definition) is 0. The second-order valence-electron chi connectivity index (χ2n) is 2.55. The van der Waals surface area contributed by atoms with E-state index in [0.29, 0.717) is 0 Å². The highest BCUT2D eigenvalue weighted by Gasteiger charge is 1.97. The van der Waals surface area contributed by atoms with Crippen LogP contribution in [0.25, 0.3) is 11.0 Å². The number of nitrogens with zero attached hydrogens (tertiary/aromatic N) is 1. The van der Waals surface area contributed by atoms with Crippen LogP contribution in [0.3, 0.4) is 0 Å². The fraction of sp³-hybridized carbons (Fsp3) is 0.364. The van der Waals surface area contributed by atoms with E-state index in [1.165, 1.54) is 5.56 Å². The minimum atomic E-state index is 0.863. The van der Waals surface area contributed by atoms with E-state index in [2.05, 4.69) is 24.2 Å². The summed E-state index contributed by atoms with van der Waals surface area (Å²) >= 11 is 0. The Morgan fingerprint density at radius 1 is 1.31 bits per heavy atom. The van der Waals surface area contributed by atoms with Crippen LogP contribution in [0.15, 0.2) is 28.9 Å². The standard InChI is InChI=1S/C9H9NO.C2H6/c1-2-7-3-4-9-8(5-7)6-10-11-9;1-2/h3-6H,2H2,1H3;1-2H3. The van der Waals surface area contributed by atoms with Crippen molar-refractivity contribution in [2.45, 2.75) is 27.2 Å². The molecule has 2 rings (SSSR count). The van der Waals surface area contributed by atoms with Gasteiger partial charge >= 0.3 is 0 Å². The zero-order chi connectivity index (χ0) is 9.68. The number of aryl methyl sites for hydroxylation is 1. The molecule has 0 amide bonds. The molecule has 0 aliphatic heterocycles. The molecule has 70 valence electrons. The molecule has 0 bridgehead atoms. The summed E-state index contributed by atoms with van der Waals surface area (Å²) in [5, 5.41) is 4.79. The van der Waals surface area contributed by atoms with E-state index in [-0.39, 0.29) is 0 Å². The van der Waals surface area contributed by atoms with E-state index in [9.17, 15) is 0 Å². The first-order chi connectivity index (χ1) is 6.40. The van der Waals surface area contributed by atoms with Crippen LogP contribution in [0.1, 0.15) is 26.3 Å². The van der Waals surface area contributed by atoms with Crippen molar-refractivity contribution < 1.29 is 4.52 Å². The van der Waals surface area contributed by atoms with Crippen LogP contribution in [0.2, 0.25) is 0 Å². The molecule has 1 heterocycles. The molecule has 2 heteroatoms. The van der Waals surface area contributed by atoms with E-state index in [0.717, 1.165) is 17.4 Å². The van der Waals surface area contributed by atoms with Crippen molar-refractivity contribution >= 4 is 11.0 Å². The molecule has 1 aromatic heterocycles. The summed E-state index contributed by atoms with van der Waals surface area (Å²) in [6.45, 7) is 6.13. The fourth-order valence-electron chi connectivity index (χ4n) is 1.14. The maximum absolute atomic E-state index is 4.97. The molecule has 0 saturated heterocycles. The summed E-state index contributed by atoms with van der Waals surface area (Å²) in [5.41, 5.74) is 2.18. The van der Waals surface area contributed by atoms with E-state index < -0.39 is 0 Å². The molecule has 13 heavy (non-hydrogen) atoms. The summed E-state index contributed by atoms with van der Waals surface area (Å²) in [4.78, 5) is 0. The highest BCUT2D eigenvalue weighted by molar-refractivity contribution is 5.76. The predicted octanol–water partition coefficient (Wildman–Crippen LogP) is 3.42. The zero-order valence-corrected chi connectivity index (χ0v) is 8.37. The maximum atomic E-state index is 4.97. The second-order valence-corrected chi connectivity index (χ2v) is 2.55. The first-order valence-corrected chi connectivity index (χ1v) is 4.73. The molecule has 1 aromatic carbocycles. The first-order valence-electron chi connectivity index (χ1n) is 4.73. The van der Waals surface area contributed by atoms with E-state index in [1.807, 2.05) is 19.9 Å². The molecule has 0 radical (unpaired) electrons. The van der Waals surface area contributed by atoms with Crippen LogP contribution >= 0.6 is 0 Å². The Labute approximate surface area is 78.5 Å². The van der Waals surface area contributed by atoms with Crippen LogP contribution in [0.5, 0.6) is 0 Å². The Morgan fingerprint density at radius 2 is 2.08 bits per heavy atom. The van der Waals surface area contributed by atoms with Crippen molar-refractivity contribution in [2.24, 2.45) is 0 Å². The van der Waals surface area contributed by atoms with Gasteiger partial charge in [0.15, 0.2) is 5.58 Å². The van der Waals surface area contributed by atoms with Gasteiger partial charge in [0.2, 0.25) is 0 Å². The molecule has 0 fully saturated rings. The van der Waals surface area contributed by atoms with Crippen molar-refractivity contribution in [2.75, 3.05) is 0 Å². The molecule has 0 atom stereocenters. The topological polar surface area (TPSA) is 26.0 Å². The molecular weight excluding hydrogens is 162 g/mol. The minimum absolute atomic E-state index is 0.863. The van der Waals surface area contributed by atoms with Crippen molar-refractivity contribution in [3.8, 4) is 0 Å². The van der Waals surface area contributed by atoms with Gasteiger partial charge in [-0.05, 0) is 24.1 Å². The number of aromatic nitrogens is 1. The van der Waals surface area contributed by atoms with E-state index >= 15 is 0 Å². The molecule has 0 aliphatic rings. The average Bonchev–Trinajstić information content (AvgIpc) is 2.67. The van der Waals surface area contributed by atoms with Crippen molar-refractivity contribution in [1.82, 2.24) is 5.16 Å². The van der Waals surface area contributed by atoms with Gasteiger partial charge in [-0.15, -0.1) is 0 Å². The predicted molar refractivity (Wildman–Crippen MR) is 54.7 cm³/mol. The van der Waals surface area contributed by atoms with Gasteiger partial charge in [-0.3, -0.25) is 0 Å². The lowest BCUT2D eigenvalue weighted by Gasteiger charge is -1.92. The largest absolute Gasteiger partial charge is 0.356 e. The first kappa shape index (κ1) is 9.78. The Hall–Kier alpha value is -1.31. The van der Waals surface area contributed by atoms with Gasteiger partial charge in [0.05, 0.1) is 6.20 Å². The Balaban J connectivity index is 0.000000396. The van der Waals surface area contributed by atoms with Gasteiger partial charge in [0.1, 0.15) is 0 Å². The van der Waals surface area contributed by atoms with Gasteiger partial charge in [-0.25, -0.2) is 0 Å². The third-order valence-electron chi connectivity index (χ3n) is 1.83. The monoisotopic (exact) mass is 177 g/mol. The van der Waals surface area contributed by atoms with Gasteiger partial charge in [-0.1, -0.05) is 32.0 Å². The summed E-state index contributed by atoms with van der Waals surface area (Å²) in [5.74, 6) is 0. The minimum Gasteiger partial charge on any atom is -0.356 e. The highest BCUT2D eigenvalue weighted by atomic mass is 16.5. The smallest absolute Gasteiger partial charge is 0.166 e. The van der Waals surface area contributed by atoms with E-state index in [4.69, 9.17) is 4.52 Å². The lowest BCUT2D eigenvalue weighted by atomic mass is 10.1. The van der Waals surface area contributed by atoms with Crippen LogP contribution in [0, 0.1) is 0 Å². The van der Waals surface area contributed by atoms with Crippen LogP contribution in [0.4, 0.5) is 0 Å². The number of rotatable bonds is 1. The number of hydrogen-bond acceptors (Lipinski definition) is 2. The van der Waals surface area contributed by atoms with Crippen LogP contribution in [-0.2, 0) is 6.42 Å². The summed E-state index contributed by atoms with van der Waals surface area (Å²) in [6, 6.07) is 6.13. The normalized spacial score (nSPS) is 9.46. The maximum Gasteiger partial charge on any atom is 0.166 e. The van der Waals surface area contributed by atoms with Crippen molar-refractivity contribution in [3.63, 3.8) is 0 Å². The molecular formula is C11H15NO. The molecule has 0 N–H and O–H groups in total. The van der Waals surface area contributed by atoms with Crippen molar-refractivity contribution in [1.29, 1.82) is 0 Å². The van der Waals surface area contributed by atoms with Gasteiger partial charge in [0, 0.05) is 5.39 Å². The molecule has 2 nitrogen and oxygen atoms in total. The lowest BCUT2D eigenvalue weighted by Crippen LogP contribution is -1.76. The Kier molecular flexibility index (Phi) is 3.50. The quantitative estimate of drug-likeness (QED) is 0.667. The third-order valence-corrected chi connectivity index (χ3v) is 1.83. The second kappa shape index (κ2) is 4.65. The van der Waals surface area contributed by atoms with Crippen LogP contribution < -0.4 is 0 Å². The van der Waals surface area contributed by atoms with Gasteiger partial charge in [-0.2, -0.15) is 0 Å². The zero-order valence-electron chi connectivity index (χ0n) is 8.37. The SMILES string of the molecule is CC.CCc1ccc2oncc2c1. The van der Waals surface area contributed by atoms with Crippen LogP contribution in [-0.4, -0.2) is 5.16 Å². The Bertz CT molecular complexity index is 365. The molecule has 0 aliphatic carbocycles. The number of benzene rings is 1. The van der Waals surface area contributed by atoms with Gasteiger partial charge < -0.3 is 4.52 Å². The Morgan fingerprint density at radius 3 is 2.77 bits per heavy atom. The molecule has 0 unspecified atom stereocenters. The van der Waals surface area contributed by atoms with E-state index in [1.54, 1.807) is 6.20 Å². The molecule has 0 saturated carbocycles. The summed E-state index contributed by atoms with van der Waals surface area (Å²) in [7, 11) is 0. The fourth-order valence-corrected chi connectivity index (χ4v) is 1.14. The third kappa shape index (κ3) is 2.08.